The minimum atomic E-state index is -1.62. The molecule has 5 rings (SSSR count). The Hall–Kier alpha value is -4.15. The maximum atomic E-state index is 12.7. The van der Waals surface area contributed by atoms with E-state index in [-0.39, 0.29) is 40.9 Å². The van der Waals surface area contributed by atoms with E-state index in [4.69, 9.17) is 18.9 Å². The predicted molar refractivity (Wildman–Crippen MR) is 119 cm³/mol. The van der Waals surface area contributed by atoms with Gasteiger partial charge in [0.15, 0.2) is 47.4 Å². The van der Waals surface area contributed by atoms with Gasteiger partial charge in [-0.1, -0.05) is 12.1 Å². The Balaban J connectivity index is 1.49. The lowest BCUT2D eigenvalue weighted by molar-refractivity contribution is -0.0130. The molecule has 35 heavy (non-hydrogen) atoms. The molecule has 0 fully saturated rings. The van der Waals surface area contributed by atoms with Crippen molar-refractivity contribution in [1.29, 1.82) is 0 Å². The van der Waals surface area contributed by atoms with Gasteiger partial charge in [0.1, 0.15) is 22.8 Å². The number of ether oxygens (including phenoxy) is 4. The first-order valence-corrected chi connectivity index (χ1v) is 10.7. The summed E-state index contributed by atoms with van der Waals surface area (Å²) in [7, 11) is 1.41. The molecule has 182 valence electrons. The molecule has 0 saturated heterocycles. The van der Waals surface area contributed by atoms with Crippen LogP contribution in [0.5, 0.6) is 40.2 Å². The van der Waals surface area contributed by atoms with Crippen molar-refractivity contribution in [2.45, 2.75) is 24.4 Å². The van der Waals surface area contributed by atoms with Crippen LogP contribution in [0.4, 0.5) is 0 Å². The van der Waals surface area contributed by atoms with Crippen molar-refractivity contribution in [3.8, 4) is 40.2 Å². The first-order valence-electron chi connectivity index (χ1n) is 10.7. The Morgan fingerprint density at radius 1 is 0.829 bits per heavy atom. The molecule has 0 bridgehead atoms. The summed E-state index contributed by atoms with van der Waals surface area (Å²) in [6.07, 6.45) is -4.28. The smallest absolute Gasteiger partial charge is 0.202 e. The molecular formula is C25H22O10. The lowest BCUT2D eigenvalue weighted by Gasteiger charge is -2.35. The molecule has 0 saturated carbocycles. The van der Waals surface area contributed by atoms with Gasteiger partial charge in [-0.2, -0.15) is 0 Å². The van der Waals surface area contributed by atoms with E-state index in [9.17, 15) is 30.3 Å². The van der Waals surface area contributed by atoms with E-state index in [1.54, 1.807) is 30.3 Å². The minimum absolute atomic E-state index is 0.0540. The number of Topliss-reactive ketones (excluding diaryl/α,β-unsaturated/α-hetero) is 1. The molecule has 10 heteroatoms. The van der Waals surface area contributed by atoms with Crippen LogP contribution < -0.4 is 18.9 Å². The topological polar surface area (TPSA) is 155 Å². The van der Waals surface area contributed by atoms with Gasteiger partial charge in [0, 0.05) is 17.7 Å². The Bertz CT molecular complexity index is 1300. The average Bonchev–Trinajstić information content (AvgIpc) is 2.85. The standard InChI is InChI=1S/C25H22O10/c1-32-17-6-11(2-4-14(17)28)24-20(10-26)33-16-5-3-12(7-18(16)34-24)25-23(31)22(30)21-15(29)8-13(27)9-19(21)35-25/h2-9,20,23-29,31H,10H2,1H3/t20?,23?,24?,25-/m0/s1. The second-order valence-corrected chi connectivity index (χ2v) is 8.20. The van der Waals surface area contributed by atoms with Gasteiger partial charge in [-0.3, -0.25) is 4.79 Å². The summed E-state index contributed by atoms with van der Waals surface area (Å²) in [6.45, 7) is -0.349. The van der Waals surface area contributed by atoms with E-state index in [0.29, 0.717) is 16.9 Å². The normalized spacial score (nSPS) is 22.8. The van der Waals surface area contributed by atoms with Crippen molar-refractivity contribution in [3.05, 3.63) is 65.2 Å². The van der Waals surface area contributed by atoms with E-state index in [0.717, 1.165) is 6.07 Å². The fourth-order valence-electron chi connectivity index (χ4n) is 4.28. The molecule has 0 amide bonds. The maximum Gasteiger partial charge on any atom is 0.202 e. The quantitative estimate of drug-likeness (QED) is 0.374. The Morgan fingerprint density at radius 3 is 2.29 bits per heavy atom. The van der Waals surface area contributed by atoms with E-state index < -0.39 is 35.9 Å². The molecule has 0 aromatic heterocycles. The number of phenols is 3. The number of benzene rings is 3. The van der Waals surface area contributed by atoms with Crippen LogP contribution in [0.2, 0.25) is 0 Å². The molecule has 2 heterocycles. The van der Waals surface area contributed by atoms with Crippen LogP contribution >= 0.6 is 0 Å². The molecule has 0 spiro atoms. The number of methoxy groups -OCH3 is 1. The highest BCUT2D eigenvalue weighted by molar-refractivity contribution is 6.05. The zero-order valence-electron chi connectivity index (χ0n) is 18.4. The molecule has 10 nitrogen and oxygen atoms in total. The number of aliphatic hydroxyl groups excluding tert-OH is 2. The molecule has 2 aliphatic heterocycles. The van der Waals surface area contributed by atoms with Crippen molar-refractivity contribution in [2.75, 3.05) is 13.7 Å². The third-order valence-corrected chi connectivity index (χ3v) is 6.00. The third kappa shape index (κ3) is 3.82. The average molecular weight is 482 g/mol. The Labute approximate surface area is 199 Å². The zero-order chi connectivity index (χ0) is 24.9. The molecule has 3 aromatic carbocycles. The number of hydrogen-bond acceptors (Lipinski definition) is 10. The predicted octanol–water partition coefficient (Wildman–Crippen LogP) is 2.36. The maximum absolute atomic E-state index is 12.7. The summed E-state index contributed by atoms with van der Waals surface area (Å²) in [5.41, 5.74) is 0.751. The van der Waals surface area contributed by atoms with Crippen LogP contribution in [0.3, 0.4) is 0 Å². The first-order chi connectivity index (χ1) is 16.8. The third-order valence-electron chi connectivity index (χ3n) is 6.00. The highest BCUT2D eigenvalue weighted by Gasteiger charge is 2.40. The van der Waals surface area contributed by atoms with E-state index in [2.05, 4.69) is 0 Å². The molecule has 0 aliphatic carbocycles. The van der Waals surface area contributed by atoms with E-state index in [1.165, 1.54) is 19.2 Å². The highest BCUT2D eigenvalue weighted by atomic mass is 16.6. The van der Waals surface area contributed by atoms with Gasteiger partial charge < -0.3 is 44.5 Å². The Morgan fingerprint density at radius 2 is 1.54 bits per heavy atom. The molecule has 3 unspecified atom stereocenters. The second kappa shape index (κ2) is 8.57. The SMILES string of the molecule is COc1cc(C2Oc3cc([C@@H]4Oc5cc(O)cc(O)c5C(=O)C4O)ccc3OC2CO)ccc1O. The second-order valence-electron chi connectivity index (χ2n) is 8.20. The number of carbonyl (C=O) groups excluding carboxylic acids is 1. The zero-order valence-corrected chi connectivity index (χ0v) is 18.4. The van der Waals surface area contributed by atoms with Crippen molar-refractivity contribution < 1.29 is 49.3 Å². The number of rotatable bonds is 4. The van der Waals surface area contributed by atoms with Crippen molar-refractivity contribution in [1.82, 2.24) is 0 Å². The van der Waals surface area contributed by atoms with Gasteiger partial charge in [-0.25, -0.2) is 0 Å². The highest BCUT2D eigenvalue weighted by Crippen LogP contribution is 2.45. The van der Waals surface area contributed by atoms with Crippen LogP contribution in [0.25, 0.3) is 0 Å². The number of phenolic OH excluding ortho intramolecular Hbond substituents is 3. The van der Waals surface area contributed by atoms with Crippen LogP contribution in [0, 0.1) is 0 Å². The number of aliphatic hydroxyl groups is 2. The number of carbonyl (C=O) groups is 1. The molecule has 3 aromatic rings. The summed E-state index contributed by atoms with van der Waals surface area (Å²) < 4.78 is 23.0. The lowest BCUT2D eigenvalue weighted by Crippen LogP contribution is -2.37. The fraction of sp³-hybridized carbons (Fsp3) is 0.240. The lowest BCUT2D eigenvalue weighted by atomic mass is 9.92. The van der Waals surface area contributed by atoms with Crippen LogP contribution in [-0.2, 0) is 0 Å². The van der Waals surface area contributed by atoms with E-state index >= 15 is 0 Å². The molecule has 4 atom stereocenters. The van der Waals surface area contributed by atoms with Crippen LogP contribution in [0.15, 0.2) is 48.5 Å². The molecular weight excluding hydrogens is 460 g/mol. The van der Waals surface area contributed by atoms with Gasteiger partial charge in [-0.15, -0.1) is 0 Å². The number of fused-ring (bicyclic) bond motifs is 2. The molecule has 2 aliphatic rings. The molecule has 0 radical (unpaired) electrons. The number of ketones is 1. The van der Waals surface area contributed by atoms with Gasteiger partial charge in [0.05, 0.1) is 13.7 Å². The Kier molecular flexibility index (Phi) is 5.54. The summed E-state index contributed by atoms with van der Waals surface area (Å²) in [5, 5.41) is 50.2. The first kappa shape index (κ1) is 22.6. The summed E-state index contributed by atoms with van der Waals surface area (Å²) >= 11 is 0. The van der Waals surface area contributed by atoms with Crippen molar-refractivity contribution >= 4 is 5.78 Å². The summed E-state index contributed by atoms with van der Waals surface area (Å²) in [6, 6.07) is 11.5. The van der Waals surface area contributed by atoms with Crippen LogP contribution in [0.1, 0.15) is 33.7 Å². The van der Waals surface area contributed by atoms with Gasteiger partial charge in [0.2, 0.25) is 5.78 Å². The van der Waals surface area contributed by atoms with Crippen molar-refractivity contribution in [2.24, 2.45) is 0 Å². The number of hydrogen-bond donors (Lipinski definition) is 5. The largest absolute Gasteiger partial charge is 0.508 e. The van der Waals surface area contributed by atoms with Gasteiger partial charge in [-0.05, 0) is 29.8 Å². The minimum Gasteiger partial charge on any atom is -0.508 e. The monoisotopic (exact) mass is 482 g/mol. The van der Waals surface area contributed by atoms with Crippen LogP contribution in [-0.4, -0.2) is 57.2 Å². The fourth-order valence-corrected chi connectivity index (χ4v) is 4.28. The molecule has 5 N–H and O–H groups in total. The van der Waals surface area contributed by atoms with Gasteiger partial charge in [0.25, 0.3) is 0 Å². The summed E-state index contributed by atoms with van der Waals surface area (Å²) in [5.74, 6) is -0.823. The van der Waals surface area contributed by atoms with Crippen molar-refractivity contribution in [3.63, 3.8) is 0 Å². The van der Waals surface area contributed by atoms with E-state index in [1.807, 2.05) is 0 Å². The summed E-state index contributed by atoms with van der Waals surface area (Å²) in [4.78, 5) is 12.7. The van der Waals surface area contributed by atoms with Gasteiger partial charge >= 0.3 is 0 Å². The number of aromatic hydroxyl groups is 3.